The Hall–Kier alpha value is -2.44. The summed E-state index contributed by atoms with van der Waals surface area (Å²) in [7, 11) is 0. The highest BCUT2D eigenvalue weighted by atomic mass is 16.5. The van der Waals surface area contributed by atoms with E-state index in [0.717, 1.165) is 5.39 Å². The minimum absolute atomic E-state index is 0.201. The average Bonchev–Trinajstić information content (AvgIpc) is 2.96. The number of para-hydroxylation sites is 1. The quantitative estimate of drug-likeness (QED) is 0.701. The first-order valence-electron chi connectivity index (χ1n) is 4.63. The lowest BCUT2D eigenvalue weighted by Gasteiger charge is -1.96. The van der Waals surface area contributed by atoms with Crippen LogP contribution in [0.5, 0.6) is 5.88 Å². The molecule has 7 heteroatoms. The summed E-state index contributed by atoms with van der Waals surface area (Å²) < 4.78 is 10.5. The smallest absolute Gasteiger partial charge is 0.262 e. The molecule has 0 aliphatic rings. The largest absolute Gasteiger partial charge is 0.467 e. The van der Waals surface area contributed by atoms with Crippen molar-refractivity contribution in [1.82, 2.24) is 25.8 Å². The number of ether oxygens (including phenoxy) is 1. The molecular weight excluding hydrogens is 210 g/mol. The summed E-state index contributed by atoms with van der Waals surface area (Å²) in [5.41, 5.74) is 0.686. The second kappa shape index (κ2) is 3.61. The van der Waals surface area contributed by atoms with Crippen molar-refractivity contribution in [3.05, 3.63) is 30.1 Å². The highest BCUT2D eigenvalue weighted by Gasteiger charge is 2.09. The van der Waals surface area contributed by atoms with Gasteiger partial charge in [-0.05, 0) is 17.3 Å². The van der Waals surface area contributed by atoms with Gasteiger partial charge in [-0.3, -0.25) is 0 Å². The average molecular weight is 217 g/mol. The Balaban J connectivity index is 1.84. The van der Waals surface area contributed by atoms with Crippen LogP contribution < -0.4 is 4.74 Å². The van der Waals surface area contributed by atoms with Crippen molar-refractivity contribution in [2.24, 2.45) is 0 Å². The summed E-state index contributed by atoms with van der Waals surface area (Å²) in [4.78, 5) is 0. The fraction of sp³-hybridized carbons (Fsp3) is 0.111. The lowest BCUT2D eigenvalue weighted by Crippen LogP contribution is -1.98. The van der Waals surface area contributed by atoms with Crippen molar-refractivity contribution >= 4 is 11.0 Å². The number of H-pyrrole nitrogens is 1. The van der Waals surface area contributed by atoms with Crippen molar-refractivity contribution in [2.75, 3.05) is 0 Å². The molecule has 3 aromatic rings. The molecule has 0 spiro atoms. The number of nitrogens with zero attached hydrogens (tertiary/aromatic N) is 4. The fourth-order valence-corrected chi connectivity index (χ4v) is 1.34. The van der Waals surface area contributed by atoms with Gasteiger partial charge in [-0.2, -0.15) is 5.21 Å². The van der Waals surface area contributed by atoms with Gasteiger partial charge >= 0.3 is 0 Å². The molecule has 0 fully saturated rings. The van der Waals surface area contributed by atoms with Crippen molar-refractivity contribution < 1.29 is 9.26 Å². The maximum Gasteiger partial charge on any atom is 0.262 e. The monoisotopic (exact) mass is 217 g/mol. The summed E-state index contributed by atoms with van der Waals surface area (Å²) in [6, 6.07) is 7.46. The standard InChI is InChI=1S/C9H7N5O2/c1-2-4-7-6(3-1)9(12-16-7)15-5-8-10-13-14-11-8/h1-4H,5H2,(H,10,11,13,14). The van der Waals surface area contributed by atoms with Crippen molar-refractivity contribution in [1.29, 1.82) is 0 Å². The van der Waals surface area contributed by atoms with E-state index in [-0.39, 0.29) is 6.61 Å². The summed E-state index contributed by atoms with van der Waals surface area (Å²) in [5, 5.41) is 17.9. The zero-order valence-electron chi connectivity index (χ0n) is 8.12. The third-order valence-electron chi connectivity index (χ3n) is 2.07. The van der Waals surface area contributed by atoms with Gasteiger partial charge in [0, 0.05) is 0 Å². The summed E-state index contributed by atoms with van der Waals surface area (Å²) in [6.07, 6.45) is 0. The molecule has 2 heterocycles. The van der Waals surface area contributed by atoms with Crippen LogP contribution in [0.4, 0.5) is 0 Å². The van der Waals surface area contributed by atoms with Crippen molar-refractivity contribution in [3.63, 3.8) is 0 Å². The van der Waals surface area contributed by atoms with Gasteiger partial charge in [0.1, 0.15) is 0 Å². The third kappa shape index (κ3) is 1.48. The highest BCUT2D eigenvalue weighted by molar-refractivity contribution is 5.81. The van der Waals surface area contributed by atoms with E-state index < -0.39 is 0 Å². The molecule has 2 aromatic heterocycles. The van der Waals surface area contributed by atoms with Crippen LogP contribution in [0.25, 0.3) is 11.0 Å². The maximum atomic E-state index is 5.41. The Labute approximate surface area is 89.4 Å². The van der Waals surface area contributed by atoms with E-state index in [2.05, 4.69) is 25.8 Å². The van der Waals surface area contributed by atoms with Gasteiger partial charge in [0.05, 0.1) is 5.39 Å². The zero-order chi connectivity index (χ0) is 10.8. The predicted molar refractivity (Wildman–Crippen MR) is 52.5 cm³/mol. The Morgan fingerprint density at radius 1 is 1.31 bits per heavy atom. The molecule has 0 unspecified atom stereocenters. The number of benzene rings is 1. The molecule has 1 N–H and O–H groups in total. The topological polar surface area (TPSA) is 89.7 Å². The fourth-order valence-electron chi connectivity index (χ4n) is 1.34. The number of aromatic amines is 1. The third-order valence-corrected chi connectivity index (χ3v) is 2.07. The number of nitrogens with one attached hydrogen (secondary N) is 1. The Morgan fingerprint density at radius 3 is 3.12 bits per heavy atom. The van der Waals surface area contributed by atoms with Crippen LogP contribution in [-0.4, -0.2) is 25.8 Å². The molecule has 0 atom stereocenters. The molecule has 1 aromatic carbocycles. The number of fused-ring (bicyclic) bond motifs is 1. The SMILES string of the molecule is c1ccc2c(OCc3nn[nH]n3)noc2c1. The van der Waals surface area contributed by atoms with Crippen LogP contribution >= 0.6 is 0 Å². The molecule has 0 bridgehead atoms. The molecule has 80 valence electrons. The van der Waals surface area contributed by atoms with E-state index in [1.807, 2.05) is 24.3 Å². The molecule has 0 saturated carbocycles. The minimum atomic E-state index is 0.201. The van der Waals surface area contributed by atoms with Crippen molar-refractivity contribution in [3.8, 4) is 5.88 Å². The van der Waals surface area contributed by atoms with E-state index in [0.29, 0.717) is 17.3 Å². The Morgan fingerprint density at radius 2 is 2.25 bits per heavy atom. The summed E-state index contributed by atoms with van der Waals surface area (Å²) in [6.45, 7) is 0.201. The van der Waals surface area contributed by atoms with Gasteiger partial charge in [-0.25, -0.2) is 0 Å². The van der Waals surface area contributed by atoms with Crippen LogP contribution in [0, 0.1) is 0 Å². The highest BCUT2D eigenvalue weighted by Crippen LogP contribution is 2.24. The van der Waals surface area contributed by atoms with Crippen LogP contribution in [0.1, 0.15) is 5.82 Å². The van der Waals surface area contributed by atoms with Gasteiger partial charge in [-0.15, -0.1) is 10.2 Å². The summed E-state index contributed by atoms with van der Waals surface area (Å²) in [5.74, 6) is 0.896. The van der Waals surface area contributed by atoms with Gasteiger partial charge in [0.2, 0.25) is 5.82 Å². The number of hydrogen-bond acceptors (Lipinski definition) is 6. The van der Waals surface area contributed by atoms with E-state index >= 15 is 0 Å². The summed E-state index contributed by atoms with van der Waals surface area (Å²) >= 11 is 0. The zero-order valence-corrected chi connectivity index (χ0v) is 8.12. The van der Waals surface area contributed by atoms with E-state index in [9.17, 15) is 0 Å². The molecule has 0 radical (unpaired) electrons. The van der Waals surface area contributed by atoms with Crippen LogP contribution in [0.15, 0.2) is 28.8 Å². The van der Waals surface area contributed by atoms with E-state index in [4.69, 9.17) is 9.26 Å². The number of aromatic nitrogens is 5. The van der Waals surface area contributed by atoms with Crippen molar-refractivity contribution in [2.45, 2.75) is 6.61 Å². The number of rotatable bonds is 3. The van der Waals surface area contributed by atoms with Gasteiger partial charge < -0.3 is 9.26 Å². The lowest BCUT2D eigenvalue weighted by molar-refractivity contribution is 0.266. The Bertz CT molecular complexity index is 589. The van der Waals surface area contributed by atoms with Crippen LogP contribution in [0.2, 0.25) is 0 Å². The predicted octanol–water partition coefficient (Wildman–Crippen LogP) is 0.920. The number of hydrogen-bond donors (Lipinski definition) is 1. The van der Waals surface area contributed by atoms with Crippen LogP contribution in [-0.2, 0) is 6.61 Å². The molecule has 0 saturated heterocycles. The molecule has 0 amide bonds. The second-order valence-corrected chi connectivity index (χ2v) is 3.10. The van der Waals surface area contributed by atoms with Gasteiger partial charge in [-0.1, -0.05) is 17.3 Å². The molecule has 3 rings (SSSR count). The van der Waals surface area contributed by atoms with Crippen LogP contribution in [0.3, 0.4) is 0 Å². The van der Waals surface area contributed by atoms with Gasteiger partial charge in [0.15, 0.2) is 12.2 Å². The molecule has 0 aliphatic carbocycles. The second-order valence-electron chi connectivity index (χ2n) is 3.10. The molecule has 16 heavy (non-hydrogen) atoms. The lowest BCUT2D eigenvalue weighted by atomic mass is 10.3. The molecule has 0 aliphatic heterocycles. The van der Waals surface area contributed by atoms with E-state index in [1.54, 1.807) is 0 Å². The molecular formula is C9H7N5O2. The first-order chi connectivity index (χ1) is 7.93. The Kier molecular flexibility index (Phi) is 1.99. The number of tetrazole rings is 1. The minimum Gasteiger partial charge on any atom is -0.467 e. The normalized spacial score (nSPS) is 10.8. The first kappa shape index (κ1) is 8.84. The maximum absolute atomic E-state index is 5.41. The van der Waals surface area contributed by atoms with Gasteiger partial charge in [0.25, 0.3) is 5.88 Å². The molecule has 7 nitrogen and oxygen atoms in total. The first-order valence-corrected chi connectivity index (χ1v) is 4.63. The van der Waals surface area contributed by atoms with E-state index in [1.165, 1.54) is 0 Å².